The van der Waals surface area contributed by atoms with E-state index in [4.69, 9.17) is 11.6 Å². The minimum absolute atomic E-state index is 0.306. The molecule has 1 aromatic heterocycles. The van der Waals surface area contributed by atoms with Crippen LogP contribution in [0.5, 0.6) is 0 Å². The Morgan fingerprint density at radius 1 is 1.21 bits per heavy atom. The lowest BCUT2D eigenvalue weighted by molar-refractivity contribution is 0.384. The van der Waals surface area contributed by atoms with E-state index in [1.807, 2.05) is 31.2 Å². The molecule has 0 saturated carbocycles. The second-order valence-corrected chi connectivity index (χ2v) is 8.15. The highest BCUT2D eigenvalue weighted by Gasteiger charge is 2.31. The van der Waals surface area contributed by atoms with Gasteiger partial charge in [-0.25, -0.2) is 8.42 Å². The molecule has 24 heavy (non-hydrogen) atoms. The highest BCUT2D eigenvalue weighted by molar-refractivity contribution is 7.89. The summed E-state index contributed by atoms with van der Waals surface area (Å²) in [5.74, 6) is 0. The molecule has 1 saturated heterocycles. The Balaban J connectivity index is 1.75. The van der Waals surface area contributed by atoms with Gasteiger partial charge in [0.2, 0.25) is 10.0 Å². The number of benzene rings is 1. The molecule has 2 aromatic rings. The molecule has 1 aromatic carbocycles. The van der Waals surface area contributed by atoms with Gasteiger partial charge in [0.05, 0.1) is 5.69 Å². The van der Waals surface area contributed by atoms with Crippen molar-refractivity contribution in [2.24, 2.45) is 0 Å². The van der Waals surface area contributed by atoms with Crippen LogP contribution >= 0.6 is 11.6 Å². The first-order valence-electron chi connectivity index (χ1n) is 7.96. The zero-order chi connectivity index (χ0) is 17.3. The molecule has 0 amide bonds. The number of hydrogen-bond donors (Lipinski definition) is 0. The van der Waals surface area contributed by atoms with Gasteiger partial charge in [-0.05, 0) is 32.0 Å². The molecule has 6 nitrogen and oxygen atoms in total. The van der Waals surface area contributed by atoms with E-state index in [9.17, 15) is 8.42 Å². The summed E-state index contributed by atoms with van der Waals surface area (Å²) >= 11 is 6.04. The third kappa shape index (κ3) is 3.29. The predicted molar refractivity (Wildman–Crippen MR) is 95.1 cm³/mol. The number of piperazine rings is 1. The number of anilines is 1. The van der Waals surface area contributed by atoms with Crippen LogP contribution in [-0.2, 0) is 16.6 Å². The lowest BCUT2D eigenvalue weighted by Crippen LogP contribution is -2.48. The molecule has 0 spiro atoms. The van der Waals surface area contributed by atoms with Gasteiger partial charge < -0.3 is 4.90 Å². The van der Waals surface area contributed by atoms with Gasteiger partial charge in [-0.3, -0.25) is 4.68 Å². The minimum atomic E-state index is -3.50. The second kappa shape index (κ2) is 6.74. The first-order valence-corrected chi connectivity index (χ1v) is 9.78. The molecule has 1 aliphatic rings. The average molecular weight is 369 g/mol. The summed E-state index contributed by atoms with van der Waals surface area (Å²) in [7, 11) is -3.50. The summed E-state index contributed by atoms with van der Waals surface area (Å²) in [5, 5.41) is 4.93. The Morgan fingerprint density at radius 3 is 2.50 bits per heavy atom. The van der Waals surface area contributed by atoms with Gasteiger partial charge in [0.15, 0.2) is 0 Å². The fraction of sp³-hybridized carbons (Fsp3) is 0.438. The van der Waals surface area contributed by atoms with Crippen LogP contribution in [0.4, 0.5) is 5.69 Å². The van der Waals surface area contributed by atoms with E-state index in [0.717, 1.165) is 5.69 Å². The summed E-state index contributed by atoms with van der Waals surface area (Å²) in [6.45, 7) is 6.50. The van der Waals surface area contributed by atoms with Crippen molar-refractivity contribution < 1.29 is 8.42 Å². The maximum atomic E-state index is 12.9. The maximum absolute atomic E-state index is 12.9. The minimum Gasteiger partial charge on any atom is -0.369 e. The van der Waals surface area contributed by atoms with Gasteiger partial charge in [-0.15, -0.1) is 0 Å². The van der Waals surface area contributed by atoms with Gasteiger partial charge in [0, 0.05) is 49.6 Å². The van der Waals surface area contributed by atoms with Crippen molar-refractivity contribution in [2.45, 2.75) is 25.3 Å². The number of halogens is 1. The SMILES string of the molecule is CCn1cc(S(=O)(=O)N2CCN(c3cccc(Cl)c3)CC2)c(C)n1. The monoisotopic (exact) mass is 368 g/mol. The molecule has 1 aliphatic heterocycles. The van der Waals surface area contributed by atoms with Crippen molar-refractivity contribution in [3.63, 3.8) is 0 Å². The first kappa shape index (κ1) is 17.3. The van der Waals surface area contributed by atoms with E-state index in [1.165, 1.54) is 4.31 Å². The van der Waals surface area contributed by atoms with Crippen molar-refractivity contribution >= 4 is 27.3 Å². The molecule has 0 unspecified atom stereocenters. The molecule has 0 N–H and O–H groups in total. The molecule has 0 atom stereocenters. The van der Waals surface area contributed by atoms with E-state index < -0.39 is 10.0 Å². The number of nitrogens with zero attached hydrogens (tertiary/aromatic N) is 4. The van der Waals surface area contributed by atoms with E-state index >= 15 is 0 Å². The molecular weight excluding hydrogens is 348 g/mol. The normalized spacial score (nSPS) is 16.5. The summed E-state index contributed by atoms with van der Waals surface area (Å²) in [6, 6.07) is 7.63. The highest BCUT2D eigenvalue weighted by Crippen LogP contribution is 2.24. The Hall–Kier alpha value is -1.57. The number of rotatable bonds is 4. The first-order chi connectivity index (χ1) is 11.4. The number of hydrogen-bond acceptors (Lipinski definition) is 4. The topological polar surface area (TPSA) is 58.4 Å². The second-order valence-electron chi connectivity index (χ2n) is 5.81. The Labute approximate surface area is 147 Å². The summed E-state index contributed by atoms with van der Waals surface area (Å²) in [6.07, 6.45) is 1.62. The smallest absolute Gasteiger partial charge is 0.246 e. The summed E-state index contributed by atoms with van der Waals surface area (Å²) in [5.41, 5.74) is 1.57. The summed E-state index contributed by atoms with van der Waals surface area (Å²) < 4.78 is 28.9. The van der Waals surface area contributed by atoms with Gasteiger partial charge >= 0.3 is 0 Å². The number of aryl methyl sites for hydroxylation is 2. The van der Waals surface area contributed by atoms with Crippen LogP contribution in [0.2, 0.25) is 5.02 Å². The van der Waals surface area contributed by atoms with E-state index in [1.54, 1.807) is 17.8 Å². The average Bonchev–Trinajstić information content (AvgIpc) is 2.97. The van der Waals surface area contributed by atoms with Crippen molar-refractivity contribution in [1.29, 1.82) is 0 Å². The summed E-state index contributed by atoms with van der Waals surface area (Å²) in [4.78, 5) is 2.46. The van der Waals surface area contributed by atoms with Crippen LogP contribution in [0.25, 0.3) is 0 Å². The molecular formula is C16H21ClN4O2S. The van der Waals surface area contributed by atoms with Crippen LogP contribution < -0.4 is 4.90 Å². The molecule has 3 rings (SSSR count). The molecule has 2 heterocycles. The van der Waals surface area contributed by atoms with E-state index in [0.29, 0.717) is 48.3 Å². The Kier molecular flexibility index (Phi) is 4.85. The van der Waals surface area contributed by atoms with Crippen LogP contribution in [0.1, 0.15) is 12.6 Å². The van der Waals surface area contributed by atoms with Gasteiger partial charge in [0.1, 0.15) is 4.90 Å². The lowest BCUT2D eigenvalue weighted by atomic mass is 10.2. The van der Waals surface area contributed by atoms with Gasteiger partial charge in [-0.2, -0.15) is 9.40 Å². The fourth-order valence-corrected chi connectivity index (χ4v) is 4.69. The predicted octanol–water partition coefficient (Wildman–Crippen LogP) is 2.38. The standard InChI is InChI=1S/C16H21ClN4O2S/c1-3-20-12-16(13(2)18-20)24(22,23)21-9-7-19(8-10-21)15-6-4-5-14(17)11-15/h4-6,11-12H,3,7-10H2,1-2H3. The zero-order valence-electron chi connectivity index (χ0n) is 13.8. The fourth-order valence-electron chi connectivity index (χ4n) is 2.91. The Bertz CT molecular complexity index is 826. The van der Waals surface area contributed by atoms with Gasteiger partial charge in [0.25, 0.3) is 0 Å². The van der Waals surface area contributed by atoms with Crippen LogP contribution in [0.3, 0.4) is 0 Å². The van der Waals surface area contributed by atoms with E-state index in [2.05, 4.69) is 10.00 Å². The molecule has 0 bridgehead atoms. The quantitative estimate of drug-likeness (QED) is 0.831. The van der Waals surface area contributed by atoms with Crippen LogP contribution in [-0.4, -0.2) is 48.7 Å². The van der Waals surface area contributed by atoms with Gasteiger partial charge in [-0.1, -0.05) is 17.7 Å². The lowest BCUT2D eigenvalue weighted by Gasteiger charge is -2.35. The molecule has 1 fully saturated rings. The van der Waals surface area contributed by atoms with Crippen LogP contribution in [0, 0.1) is 6.92 Å². The Morgan fingerprint density at radius 2 is 1.92 bits per heavy atom. The zero-order valence-corrected chi connectivity index (χ0v) is 15.4. The maximum Gasteiger partial charge on any atom is 0.246 e. The largest absolute Gasteiger partial charge is 0.369 e. The third-order valence-electron chi connectivity index (χ3n) is 4.26. The third-order valence-corrected chi connectivity index (χ3v) is 6.49. The molecule has 0 aliphatic carbocycles. The molecule has 0 radical (unpaired) electrons. The van der Waals surface area contributed by atoms with Crippen molar-refractivity contribution in [3.8, 4) is 0 Å². The number of aromatic nitrogens is 2. The molecule has 8 heteroatoms. The number of sulfonamides is 1. The highest BCUT2D eigenvalue weighted by atomic mass is 35.5. The van der Waals surface area contributed by atoms with Crippen LogP contribution in [0.15, 0.2) is 35.4 Å². The van der Waals surface area contributed by atoms with Crippen molar-refractivity contribution in [1.82, 2.24) is 14.1 Å². The van der Waals surface area contributed by atoms with E-state index in [-0.39, 0.29) is 0 Å². The van der Waals surface area contributed by atoms with Crippen molar-refractivity contribution in [2.75, 3.05) is 31.1 Å². The van der Waals surface area contributed by atoms with Crippen molar-refractivity contribution in [3.05, 3.63) is 41.2 Å². The molecule has 130 valence electrons.